The third kappa shape index (κ3) is 4.00. The van der Waals surface area contributed by atoms with Gasteiger partial charge in [0, 0.05) is 5.56 Å². The van der Waals surface area contributed by atoms with E-state index in [9.17, 15) is 32.3 Å². The van der Waals surface area contributed by atoms with Gasteiger partial charge in [0.1, 0.15) is 11.7 Å². The van der Waals surface area contributed by atoms with Crippen LogP contribution in [-0.2, 0) is 0 Å². The molecular weight excluding hydrogens is 424 g/mol. The van der Waals surface area contributed by atoms with Gasteiger partial charge in [-0.15, -0.1) is 0 Å². The van der Waals surface area contributed by atoms with E-state index >= 15 is 0 Å². The van der Waals surface area contributed by atoms with Crippen LogP contribution in [0.1, 0.15) is 22.0 Å². The van der Waals surface area contributed by atoms with Crippen molar-refractivity contribution in [3.63, 3.8) is 0 Å². The average molecular weight is 442 g/mol. The summed E-state index contributed by atoms with van der Waals surface area (Å²) < 4.78 is 65.2. The lowest BCUT2D eigenvalue weighted by Gasteiger charge is -2.45. The summed E-state index contributed by atoms with van der Waals surface area (Å²) in [5.41, 5.74) is -4.12. The molecule has 31 heavy (non-hydrogen) atoms. The molecule has 3 rings (SSSR count). The molecule has 0 unspecified atom stereocenters. The second-order valence-corrected chi connectivity index (χ2v) is 6.80. The predicted molar refractivity (Wildman–Crippen MR) is 99.2 cm³/mol. The van der Waals surface area contributed by atoms with Gasteiger partial charge in [-0.2, -0.15) is 13.2 Å². The van der Waals surface area contributed by atoms with Crippen molar-refractivity contribution in [1.82, 2.24) is 10.6 Å². The largest absolute Gasteiger partial charge is 0.493 e. The van der Waals surface area contributed by atoms with Crippen molar-refractivity contribution in [3.8, 4) is 11.5 Å². The van der Waals surface area contributed by atoms with E-state index in [-0.39, 0.29) is 22.6 Å². The standard InChI is InChI=1S/C20H18F4N2O5/c1-30-13-8-5-11(9-14(13)31-2)16-15(17(27)10-3-6-12(21)7-4-10)19(29,20(22,23)24)26-18(28)25-16/h3-9,15-16,29H,1-2H3,(H2,25,26,28)/t15-,16+,19+/m0/s1. The fraction of sp³-hybridized carbons (Fsp3) is 0.300. The highest BCUT2D eigenvalue weighted by molar-refractivity contribution is 6.00. The lowest BCUT2D eigenvalue weighted by molar-refractivity contribution is -0.287. The molecule has 0 aliphatic carbocycles. The van der Waals surface area contributed by atoms with Crippen LogP contribution in [-0.4, -0.2) is 43.0 Å². The molecule has 0 saturated carbocycles. The van der Waals surface area contributed by atoms with Gasteiger partial charge in [0.15, 0.2) is 17.3 Å². The highest BCUT2D eigenvalue weighted by atomic mass is 19.4. The van der Waals surface area contributed by atoms with Gasteiger partial charge in [-0.1, -0.05) is 6.07 Å². The molecule has 1 fully saturated rings. The van der Waals surface area contributed by atoms with Crippen LogP contribution in [0.3, 0.4) is 0 Å². The van der Waals surface area contributed by atoms with Crippen LogP contribution in [0.25, 0.3) is 0 Å². The summed E-state index contributed by atoms with van der Waals surface area (Å²) >= 11 is 0. The van der Waals surface area contributed by atoms with Crippen molar-refractivity contribution >= 4 is 11.8 Å². The van der Waals surface area contributed by atoms with E-state index in [0.29, 0.717) is 0 Å². The average Bonchev–Trinajstić information content (AvgIpc) is 2.72. The van der Waals surface area contributed by atoms with E-state index in [1.807, 2.05) is 0 Å². The van der Waals surface area contributed by atoms with Crippen LogP contribution in [0.15, 0.2) is 42.5 Å². The van der Waals surface area contributed by atoms with Crippen molar-refractivity contribution in [3.05, 3.63) is 59.4 Å². The number of rotatable bonds is 5. The van der Waals surface area contributed by atoms with Gasteiger partial charge < -0.3 is 25.2 Å². The first kappa shape index (κ1) is 22.3. The Morgan fingerprint density at radius 3 is 2.23 bits per heavy atom. The minimum absolute atomic E-state index is 0.0515. The summed E-state index contributed by atoms with van der Waals surface area (Å²) in [5.74, 6) is -3.70. The van der Waals surface area contributed by atoms with Gasteiger partial charge in [-0.3, -0.25) is 4.79 Å². The lowest BCUT2D eigenvalue weighted by Crippen LogP contribution is -2.72. The molecule has 1 heterocycles. The molecule has 0 aromatic heterocycles. The molecule has 0 spiro atoms. The molecule has 7 nitrogen and oxygen atoms in total. The Bertz CT molecular complexity index is 996. The molecule has 2 aromatic rings. The van der Waals surface area contributed by atoms with E-state index in [1.165, 1.54) is 37.7 Å². The molecular formula is C20H18F4N2O5. The molecule has 11 heteroatoms. The maximum absolute atomic E-state index is 13.9. The maximum Gasteiger partial charge on any atom is 0.437 e. The summed E-state index contributed by atoms with van der Waals surface area (Å²) in [4.78, 5) is 25.1. The number of carbonyl (C=O) groups excluding carboxylic acids is 2. The Labute approximate surface area is 174 Å². The fourth-order valence-electron chi connectivity index (χ4n) is 3.46. The van der Waals surface area contributed by atoms with Gasteiger partial charge in [-0.25, -0.2) is 9.18 Å². The number of hydrogen-bond acceptors (Lipinski definition) is 5. The molecule has 1 aliphatic rings. The number of carbonyl (C=O) groups is 2. The summed E-state index contributed by atoms with van der Waals surface area (Å²) in [5, 5.41) is 14.2. The summed E-state index contributed by atoms with van der Waals surface area (Å²) in [6, 6.07) is 4.87. The van der Waals surface area contributed by atoms with E-state index in [1.54, 1.807) is 0 Å². The first-order valence-corrected chi connectivity index (χ1v) is 8.91. The number of ether oxygens (including phenoxy) is 2. The van der Waals surface area contributed by atoms with Crippen LogP contribution >= 0.6 is 0 Å². The van der Waals surface area contributed by atoms with Crippen molar-refractivity contribution in [2.45, 2.75) is 17.9 Å². The topological polar surface area (TPSA) is 96.9 Å². The quantitative estimate of drug-likeness (QED) is 0.489. The molecule has 1 saturated heterocycles. The number of methoxy groups -OCH3 is 2. The number of nitrogens with one attached hydrogen (secondary N) is 2. The molecule has 0 bridgehead atoms. The molecule has 3 atom stereocenters. The summed E-state index contributed by atoms with van der Waals surface area (Å²) in [6.45, 7) is 0. The monoisotopic (exact) mass is 442 g/mol. The summed E-state index contributed by atoms with van der Waals surface area (Å²) in [7, 11) is 2.66. The van der Waals surface area contributed by atoms with Gasteiger partial charge in [0.05, 0.1) is 20.3 Å². The predicted octanol–water partition coefficient (Wildman–Crippen LogP) is 2.95. The second-order valence-electron chi connectivity index (χ2n) is 6.80. The third-order valence-corrected chi connectivity index (χ3v) is 4.98. The van der Waals surface area contributed by atoms with Gasteiger partial charge >= 0.3 is 12.2 Å². The fourth-order valence-corrected chi connectivity index (χ4v) is 3.46. The van der Waals surface area contributed by atoms with E-state index < -0.39 is 41.5 Å². The Kier molecular flexibility index (Phi) is 5.81. The normalized spacial score (nSPS) is 23.5. The minimum atomic E-state index is -5.40. The molecule has 1 aliphatic heterocycles. The minimum Gasteiger partial charge on any atom is -0.493 e. The Hall–Kier alpha value is -3.34. The molecule has 166 valence electrons. The van der Waals surface area contributed by atoms with Crippen molar-refractivity contribution in [1.29, 1.82) is 0 Å². The Morgan fingerprint density at radius 2 is 1.68 bits per heavy atom. The Morgan fingerprint density at radius 1 is 1.06 bits per heavy atom. The van der Waals surface area contributed by atoms with Crippen LogP contribution < -0.4 is 20.1 Å². The highest BCUT2D eigenvalue weighted by Gasteiger charge is 2.66. The van der Waals surface area contributed by atoms with Gasteiger partial charge in [-0.05, 0) is 42.0 Å². The SMILES string of the molecule is COc1ccc([C@H]2NC(=O)N[C@](O)(C(F)(F)F)[C@@H]2C(=O)c2ccc(F)cc2)cc1OC. The van der Waals surface area contributed by atoms with Crippen molar-refractivity contribution in [2.75, 3.05) is 14.2 Å². The Balaban J connectivity index is 2.18. The van der Waals surface area contributed by atoms with Gasteiger partial charge in [0.25, 0.3) is 0 Å². The number of urea groups is 1. The lowest BCUT2D eigenvalue weighted by atomic mass is 9.77. The smallest absolute Gasteiger partial charge is 0.437 e. The summed E-state index contributed by atoms with van der Waals surface area (Å²) in [6.07, 6.45) is -5.40. The van der Waals surface area contributed by atoms with E-state index in [4.69, 9.17) is 9.47 Å². The zero-order valence-electron chi connectivity index (χ0n) is 16.3. The number of alkyl halides is 3. The van der Waals surface area contributed by atoms with Crippen molar-refractivity contribution in [2.24, 2.45) is 5.92 Å². The van der Waals surface area contributed by atoms with Crippen LogP contribution in [0.5, 0.6) is 11.5 Å². The zero-order chi connectivity index (χ0) is 23.0. The number of ketones is 1. The number of halogens is 4. The first-order chi connectivity index (χ1) is 14.5. The molecule has 3 N–H and O–H groups in total. The van der Waals surface area contributed by atoms with Crippen LogP contribution in [0.4, 0.5) is 22.4 Å². The number of amides is 2. The van der Waals surface area contributed by atoms with E-state index in [0.717, 1.165) is 24.3 Å². The van der Waals surface area contributed by atoms with Crippen LogP contribution in [0, 0.1) is 11.7 Å². The highest BCUT2D eigenvalue weighted by Crippen LogP contribution is 2.45. The van der Waals surface area contributed by atoms with Crippen molar-refractivity contribution < 1.29 is 41.7 Å². The third-order valence-electron chi connectivity index (χ3n) is 4.98. The number of benzene rings is 2. The number of Topliss-reactive ketones (excluding diaryl/α,β-unsaturated/α-hetero) is 1. The van der Waals surface area contributed by atoms with E-state index in [2.05, 4.69) is 5.32 Å². The molecule has 0 radical (unpaired) electrons. The first-order valence-electron chi connectivity index (χ1n) is 8.91. The second kappa shape index (κ2) is 8.06. The molecule has 2 aromatic carbocycles. The number of hydrogen-bond donors (Lipinski definition) is 3. The number of aliphatic hydroxyl groups is 1. The zero-order valence-corrected chi connectivity index (χ0v) is 16.3. The van der Waals surface area contributed by atoms with Gasteiger partial charge in [0.2, 0.25) is 5.72 Å². The molecule has 2 amide bonds. The maximum atomic E-state index is 13.9. The van der Waals surface area contributed by atoms with Crippen LogP contribution in [0.2, 0.25) is 0 Å².